The molecule has 130 valence electrons. The molecule has 1 aliphatic rings. The summed E-state index contributed by atoms with van der Waals surface area (Å²) in [4.78, 5) is 24.4. The Kier molecular flexibility index (Phi) is 5.58. The molecule has 1 amide bonds. The summed E-state index contributed by atoms with van der Waals surface area (Å²) in [5, 5.41) is 3.43. The SMILES string of the molecule is O=C(Oc1cc(Cl)ccc1Cl)c1cccc(NC(=O)C2CCCO2)c1. The summed E-state index contributed by atoms with van der Waals surface area (Å²) < 4.78 is 10.6. The van der Waals surface area contributed by atoms with Crippen LogP contribution in [0.2, 0.25) is 10.0 Å². The molecule has 0 spiro atoms. The summed E-state index contributed by atoms with van der Waals surface area (Å²) in [6, 6.07) is 11.1. The van der Waals surface area contributed by atoms with E-state index >= 15 is 0 Å². The Hall–Kier alpha value is -2.08. The van der Waals surface area contributed by atoms with Crippen molar-refractivity contribution in [2.75, 3.05) is 11.9 Å². The maximum Gasteiger partial charge on any atom is 0.343 e. The number of hydrogen-bond donors (Lipinski definition) is 1. The number of esters is 1. The predicted octanol–water partition coefficient (Wildman–Crippen LogP) is 4.33. The summed E-state index contributed by atoms with van der Waals surface area (Å²) in [6.07, 6.45) is 1.12. The van der Waals surface area contributed by atoms with Gasteiger partial charge in [0.2, 0.25) is 0 Å². The molecule has 1 aliphatic heterocycles. The van der Waals surface area contributed by atoms with Crippen molar-refractivity contribution in [3.63, 3.8) is 0 Å². The number of carbonyl (C=O) groups is 2. The molecule has 1 fully saturated rings. The van der Waals surface area contributed by atoms with Crippen molar-refractivity contribution >= 4 is 40.8 Å². The minimum Gasteiger partial charge on any atom is -0.421 e. The number of carbonyl (C=O) groups excluding carboxylic acids is 2. The Balaban J connectivity index is 1.71. The van der Waals surface area contributed by atoms with Crippen molar-refractivity contribution < 1.29 is 19.1 Å². The smallest absolute Gasteiger partial charge is 0.343 e. The van der Waals surface area contributed by atoms with E-state index in [9.17, 15) is 9.59 Å². The maximum absolute atomic E-state index is 12.3. The fourth-order valence-corrected chi connectivity index (χ4v) is 2.76. The summed E-state index contributed by atoms with van der Waals surface area (Å²) in [7, 11) is 0. The summed E-state index contributed by atoms with van der Waals surface area (Å²) in [6.45, 7) is 0.588. The lowest BCUT2D eigenvalue weighted by Crippen LogP contribution is -2.26. The third-order valence-corrected chi connectivity index (χ3v) is 4.23. The van der Waals surface area contributed by atoms with Gasteiger partial charge in [-0.25, -0.2) is 4.79 Å². The topological polar surface area (TPSA) is 64.6 Å². The van der Waals surface area contributed by atoms with Crippen LogP contribution < -0.4 is 10.1 Å². The minimum atomic E-state index is -0.600. The molecule has 3 rings (SSSR count). The highest BCUT2D eigenvalue weighted by Crippen LogP contribution is 2.28. The highest BCUT2D eigenvalue weighted by molar-refractivity contribution is 6.34. The molecule has 25 heavy (non-hydrogen) atoms. The molecule has 0 radical (unpaired) electrons. The van der Waals surface area contributed by atoms with Gasteiger partial charge < -0.3 is 14.8 Å². The monoisotopic (exact) mass is 379 g/mol. The Morgan fingerprint density at radius 3 is 2.76 bits per heavy atom. The van der Waals surface area contributed by atoms with E-state index in [0.29, 0.717) is 23.7 Å². The lowest BCUT2D eigenvalue weighted by atomic mass is 10.2. The average molecular weight is 380 g/mol. The van der Waals surface area contributed by atoms with Gasteiger partial charge >= 0.3 is 5.97 Å². The molecule has 0 aliphatic carbocycles. The van der Waals surface area contributed by atoms with Gasteiger partial charge in [0, 0.05) is 23.4 Å². The second kappa shape index (κ2) is 7.87. The van der Waals surface area contributed by atoms with E-state index in [4.69, 9.17) is 32.7 Å². The van der Waals surface area contributed by atoms with E-state index in [1.807, 2.05) is 0 Å². The molecule has 1 saturated heterocycles. The third kappa shape index (κ3) is 4.51. The van der Waals surface area contributed by atoms with Gasteiger partial charge in [-0.1, -0.05) is 29.3 Å². The number of benzene rings is 2. The molecule has 1 unspecified atom stereocenters. The standard InChI is InChI=1S/C18H15Cl2NO4/c19-12-6-7-14(20)16(10-12)25-18(23)11-3-1-4-13(9-11)21-17(22)15-5-2-8-24-15/h1,3-4,6-7,9-10,15H,2,5,8H2,(H,21,22). The molecule has 5 nitrogen and oxygen atoms in total. The van der Waals surface area contributed by atoms with Crippen molar-refractivity contribution in [1.29, 1.82) is 0 Å². The molecule has 0 saturated carbocycles. The van der Waals surface area contributed by atoms with Crippen LogP contribution >= 0.6 is 23.2 Å². The summed E-state index contributed by atoms with van der Waals surface area (Å²) in [5.41, 5.74) is 0.772. The van der Waals surface area contributed by atoms with Gasteiger partial charge in [-0.3, -0.25) is 4.79 Å². The average Bonchev–Trinajstić information content (AvgIpc) is 3.13. The van der Waals surface area contributed by atoms with Gasteiger partial charge in [0.15, 0.2) is 5.75 Å². The van der Waals surface area contributed by atoms with E-state index in [0.717, 1.165) is 6.42 Å². The first-order valence-electron chi connectivity index (χ1n) is 7.73. The van der Waals surface area contributed by atoms with Crippen LogP contribution in [0.5, 0.6) is 5.75 Å². The van der Waals surface area contributed by atoms with Crippen LogP contribution in [0.15, 0.2) is 42.5 Å². The van der Waals surface area contributed by atoms with Crippen LogP contribution in [-0.2, 0) is 9.53 Å². The van der Waals surface area contributed by atoms with Gasteiger partial charge in [0.25, 0.3) is 5.91 Å². The van der Waals surface area contributed by atoms with Gasteiger partial charge in [-0.05, 0) is 43.2 Å². The van der Waals surface area contributed by atoms with Crippen LogP contribution in [0, 0.1) is 0 Å². The lowest BCUT2D eigenvalue weighted by Gasteiger charge is -2.11. The Morgan fingerprint density at radius 1 is 1.16 bits per heavy atom. The molecule has 1 N–H and O–H groups in total. The van der Waals surface area contributed by atoms with E-state index in [2.05, 4.69) is 5.32 Å². The lowest BCUT2D eigenvalue weighted by molar-refractivity contribution is -0.124. The zero-order valence-electron chi connectivity index (χ0n) is 13.1. The molecule has 1 atom stereocenters. The quantitative estimate of drug-likeness (QED) is 0.634. The maximum atomic E-state index is 12.3. The fourth-order valence-electron chi connectivity index (χ4n) is 2.45. The number of hydrogen-bond acceptors (Lipinski definition) is 4. The number of halogens is 2. The number of rotatable bonds is 4. The second-order valence-electron chi connectivity index (χ2n) is 5.54. The van der Waals surface area contributed by atoms with Crippen molar-refractivity contribution in [2.45, 2.75) is 18.9 Å². The van der Waals surface area contributed by atoms with Crippen LogP contribution in [0.4, 0.5) is 5.69 Å². The number of ether oxygens (including phenoxy) is 2. The van der Waals surface area contributed by atoms with E-state index in [1.165, 1.54) is 12.1 Å². The van der Waals surface area contributed by atoms with E-state index < -0.39 is 12.1 Å². The third-order valence-electron chi connectivity index (χ3n) is 3.68. The van der Waals surface area contributed by atoms with Crippen molar-refractivity contribution in [3.05, 3.63) is 58.1 Å². The fraction of sp³-hybridized carbons (Fsp3) is 0.222. The Bertz CT molecular complexity index is 803. The molecule has 2 aromatic carbocycles. The van der Waals surface area contributed by atoms with Gasteiger partial charge in [0.1, 0.15) is 6.10 Å². The van der Waals surface area contributed by atoms with Crippen LogP contribution in [0.1, 0.15) is 23.2 Å². The van der Waals surface area contributed by atoms with Crippen LogP contribution in [-0.4, -0.2) is 24.6 Å². The molecule has 1 heterocycles. The van der Waals surface area contributed by atoms with Gasteiger partial charge in [-0.15, -0.1) is 0 Å². The highest BCUT2D eigenvalue weighted by atomic mass is 35.5. The van der Waals surface area contributed by atoms with E-state index in [-0.39, 0.29) is 22.2 Å². The molecule has 2 aromatic rings. The molecular formula is C18H15Cl2NO4. The Morgan fingerprint density at radius 2 is 2.00 bits per heavy atom. The second-order valence-corrected chi connectivity index (χ2v) is 6.38. The first kappa shape index (κ1) is 17.7. The predicted molar refractivity (Wildman–Crippen MR) is 95.5 cm³/mol. The zero-order chi connectivity index (χ0) is 17.8. The minimum absolute atomic E-state index is 0.174. The molecule has 0 aromatic heterocycles. The summed E-state index contributed by atoms with van der Waals surface area (Å²) in [5.74, 6) is -0.647. The molecule has 7 heteroatoms. The molecular weight excluding hydrogens is 365 g/mol. The largest absolute Gasteiger partial charge is 0.421 e. The first-order chi connectivity index (χ1) is 12.0. The van der Waals surface area contributed by atoms with Gasteiger partial charge in [-0.2, -0.15) is 0 Å². The van der Waals surface area contributed by atoms with E-state index in [1.54, 1.807) is 30.3 Å². The number of nitrogens with one attached hydrogen (secondary N) is 1. The van der Waals surface area contributed by atoms with Crippen molar-refractivity contribution in [1.82, 2.24) is 0 Å². The normalized spacial score (nSPS) is 16.5. The highest BCUT2D eigenvalue weighted by Gasteiger charge is 2.23. The number of amides is 1. The number of anilines is 1. The Labute approximate surface area is 154 Å². The van der Waals surface area contributed by atoms with Gasteiger partial charge in [0.05, 0.1) is 10.6 Å². The van der Waals surface area contributed by atoms with Crippen LogP contribution in [0.25, 0.3) is 0 Å². The zero-order valence-corrected chi connectivity index (χ0v) is 14.6. The van der Waals surface area contributed by atoms with Crippen molar-refractivity contribution in [2.24, 2.45) is 0 Å². The van der Waals surface area contributed by atoms with Crippen molar-refractivity contribution in [3.8, 4) is 5.75 Å². The molecule has 0 bridgehead atoms. The first-order valence-corrected chi connectivity index (χ1v) is 8.48. The summed E-state index contributed by atoms with van der Waals surface area (Å²) >= 11 is 11.9. The van der Waals surface area contributed by atoms with Crippen LogP contribution in [0.3, 0.4) is 0 Å².